The van der Waals surface area contributed by atoms with Crippen molar-refractivity contribution in [2.45, 2.75) is 88.3 Å². The van der Waals surface area contributed by atoms with Gasteiger partial charge in [0.2, 0.25) is 0 Å². The molecule has 4 nitrogen and oxygen atoms in total. The van der Waals surface area contributed by atoms with E-state index in [4.69, 9.17) is 11.6 Å². The molecule has 3 aliphatic rings. The zero-order valence-corrected chi connectivity index (χ0v) is 15.8. The summed E-state index contributed by atoms with van der Waals surface area (Å²) >= 11 is 6.52. The molecule has 1 saturated heterocycles. The maximum atomic E-state index is 11.4. The van der Waals surface area contributed by atoms with E-state index in [1.54, 1.807) is 6.92 Å². The minimum Gasteiger partial charge on any atom is -0.480 e. The number of carbonyl (C=O) groups is 1. The zero-order chi connectivity index (χ0) is 17.3. The lowest BCUT2D eigenvalue weighted by Crippen LogP contribution is -2.62. The maximum Gasteiger partial charge on any atom is 0.320 e. The van der Waals surface area contributed by atoms with E-state index < -0.39 is 12.0 Å². The normalized spacial score (nSPS) is 39.4. The highest BCUT2D eigenvalue weighted by molar-refractivity contribution is 6.20. The molecule has 2 aliphatic carbocycles. The summed E-state index contributed by atoms with van der Waals surface area (Å²) in [7, 11) is 1.96. The number of hydrogen-bond donors (Lipinski definition) is 2. The SMILES string of the molecule is CC(C(=O)O)N(C)C1CC(C2CCCCC2)C2CC(Cl)CCC2N1. The van der Waals surface area contributed by atoms with Crippen LogP contribution in [0.4, 0.5) is 0 Å². The molecule has 6 atom stereocenters. The Kier molecular flexibility index (Phi) is 6.10. The number of likely N-dealkylation sites (N-methyl/N-ethyl adjacent to an activating group) is 1. The summed E-state index contributed by atoms with van der Waals surface area (Å²) in [6, 6.07) is 0.0598. The third kappa shape index (κ3) is 3.91. The molecule has 0 aromatic carbocycles. The Balaban J connectivity index is 1.76. The topological polar surface area (TPSA) is 52.6 Å². The second kappa shape index (κ2) is 7.92. The summed E-state index contributed by atoms with van der Waals surface area (Å²) in [5.74, 6) is 1.45. The lowest BCUT2D eigenvalue weighted by Gasteiger charge is -2.52. The Bertz CT molecular complexity index is 441. The van der Waals surface area contributed by atoms with Crippen LogP contribution in [-0.4, -0.2) is 46.6 Å². The molecule has 0 radical (unpaired) electrons. The van der Waals surface area contributed by atoms with Crippen LogP contribution in [0.25, 0.3) is 0 Å². The molecule has 138 valence electrons. The number of aliphatic carboxylic acids is 1. The molecule has 3 fully saturated rings. The van der Waals surface area contributed by atoms with Gasteiger partial charge in [-0.25, -0.2) is 0 Å². The van der Waals surface area contributed by atoms with Crippen molar-refractivity contribution in [3.63, 3.8) is 0 Å². The third-order valence-corrected chi connectivity index (χ3v) is 7.40. The van der Waals surface area contributed by atoms with Gasteiger partial charge in [0.25, 0.3) is 0 Å². The van der Waals surface area contributed by atoms with E-state index in [-0.39, 0.29) is 6.17 Å². The van der Waals surface area contributed by atoms with Gasteiger partial charge in [0.15, 0.2) is 0 Å². The highest BCUT2D eigenvalue weighted by atomic mass is 35.5. The average molecular weight is 357 g/mol. The standard InChI is InChI=1S/C19H33ClN2O2/c1-12(19(23)24)22(2)18-11-15(13-6-4-3-5-7-13)16-10-14(20)8-9-17(16)21-18/h12-18,21H,3-11H2,1-2H3,(H,23,24). The number of nitrogens with zero attached hydrogens (tertiary/aromatic N) is 1. The van der Waals surface area contributed by atoms with E-state index in [0.717, 1.165) is 31.6 Å². The Morgan fingerprint density at radius 1 is 1.12 bits per heavy atom. The van der Waals surface area contributed by atoms with Gasteiger partial charge in [-0.1, -0.05) is 32.1 Å². The van der Waals surface area contributed by atoms with Gasteiger partial charge < -0.3 is 5.11 Å². The van der Waals surface area contributed by atoms with Gasteiger partial charge >= 0.3 is 5.97 Å². The number of carboxylic acid groups (broad SMARTS) is 1. The van der Waals surface area contributed by atoms with Gasteiger partial charge in [-0.15, -0.1) is 11.6 Å². The fourth-order valence-corrected chi connectivity index (χ4v) is 5.74. The fourth-order valence-electron chi connectivity index (χ4n) is 5.41. The Labute approximate surface area is 151 Å². The molecule has 0 bridgehead atoms. The van der Waals surface area contributed by atoms with Gasteiger partial charge in [-0.05, 0) is 57.4 Å². The molecular formula is C19H33ClN2O2. The summed E-state index contributed by atoms with van der Waals surface area (Å²) in [5.41, 5.74) is 0. The van der Waals surface area contributed by atoms with Crippen molar-refractivity contribution < 1.29 is 9.90 Å². The first-order valence-corrected chi connectivity index (χ1v) is 10.3. The summed E-state index contributed by atoms with van der Waals surface area (Å²) in [6.45, 7) is 1.79. The van der Waals surface area contributed by atoms with Crippen molar-refractivity contribution in [1.82, 2.24) is 10.2 Å². The molecule has 24 heavy (non-hydrogen) atoms. The minimum absolute atomic E-state index is 0.177. The van der Waals surface area contributed by atoms with Gasteiger partial charge in [-0.3, -0.25) is 15.0 Å². The summed E-state index contributed by atoms with van der Waals surface area (Å²) in [5, 5.41) is 13.5. The molecule has 3 rings (SSSR count). The van der Waals surface area contributed by atoms with E-state index >= 15 is 0 Å². The zero-order valence-electron chi connectivity index (χ0n) is 15.1. The third-order valence-electron chi connectivity index (χ3n) is 7.00. The number of piperidine rings is 1. The van der Waals surface area contributed by atoms with E-state index in [1.807, 2.05) is 11.9 Å². The predicted octanol–water partition coefficient (Wildman–Crippen LogP) is 3.68. The molecule has 0 aromatic rings. The van der Waals surface area contributed by atoms with Crippen LogP contribution in [-0.2, 0) is 4.79 Å². The van der Waals surface area contributed by atoms with Crippen molar-refractivity contribution in [1.29, 1.82) is 0 Å². The van der Waals surface area contributed by atoms with Crippen LogP contribution < -0.4 is 5.32 Å². The average Bonchev–Trinajstić information content (AvgIpc) is 2.60. The number of carboxylic acids is 1. The number of hydrogen-bond acceptors (Lipinski definition) is 3. The smallest absolute Gasteiger partial charge is 0.320 e. The number of halogens is 1. The van der Waals surface area contributed by atoms with Crippen LogP contribution in [0, 0.1) is 17.8 Å². The van der Waals surface area contributed by atoms with E-state index in [0.29, 0.717) is 23.3 Å². The quantitative estimate of drug-likeness (QED) is 0.754. The number of rotatable bonds is 4. The second-order valence-corrected chi connectivity index (χ2v) is 8.96. The van der Waals surface area contributed by atoms with Crippen molar-refractivity contribution in [3.8, 4) is 0 Å². The molecule has 6 unspecified atom stereocenters. The fraction of sp³-hybridized carbons (Fsp3) is 0.947. The van der Waals surface area contributed by atoms with Crippen LogP contribution in [0.15, 0.2) is 0 Å². The first-order valence-electron chi connectivity index (χ1n) is 9.82. The van der Waals surface area contributed by atoms with Crippen molar-refractivity contribution in [2.75, 3.05) is 7.05 Å². The Morgan fingerprint density at radius 3 is 2.50 bits per heavy atom. The van der Waals surface area contributed by atoms with Crippen LogP contribution in [0.2, 0.25) is 0 Å². The largest absolute Gasteiger partial charge is 0.480 e. The molecular weight excluding hydrogens is 324 g/mol. The van der Waals surface area contributed by atoms with Gasteiger partial charge in [0.05, 0.1) is 6.17 Å². The van der Waals surface area contributed by atoms with E-state index in [1.165, 1.54) is 32.1 Å². The Morgan fingerprint density at radius 2 is 1.83 bits per heavy atom. The summed E-state index contributed by atoms with van der Waals surface area (Å²) in [6.07, 6.45) is 11.4. The van der Waals surface area contributed by atoms with Crippen molar-refractivity contribution in [2.24, 2.45) is 17.8 Å². The van der Waals surface area contributed by atoms with Crippen LogP contribution in [0.5, 0.6) is 0 Å². The first kappa shape index (κ1) is 18.5. The molecule has 2 N–H and O–H groups in total. The minimum atomic E-state index is -0.736. The van der Waals surface area contributed by atoms with E-state index in [2.05, 4.69) is 5.32 Å². The summed E-state index contributed by atoms with van der Waals surface area (Å²) in [4.78, 5) is 13.4. The van der Waals surface area contributed by atoms with Gasteiger partial charge in [0, 0.05) is 11.4 Å². The van der Waals surface area contributed by atoms with Gasteiger partial charge in [0.1, 0.15) is 6.04 Å². The highest BCUT2D eigenvalue weighted by Crippen LogP contribution is 2.46. The van der Waals surface area contributed by atoms with Crippen LogP contribution in [0.3, 0.4) is 0 Å². The number of nitrogens with one attached hydrogen (secondary N) is 1. The lowest BCUT2D eigenvalue weighted by atomic mass is 9.64. The number of alkyl halides is 1. The van der Waals surface area contributed by atoms with Crippen molar-refractivity contribution in [3.05, 3.63) is 0 Å². The maximum absolute atomic E-state index is 11.4. The van der Waals surface area contributed by atoms with E-state index in [9.17, 15) is 9.90 Å². The number of fused-ring (bicyclic) bond motifs is 1. The molecule has 0 spiro atoms. The second-order valence-electron chi connectivity index (χ2n) is 8.34. The molecule has 5 heteroatoms. The van der Waals surface area contributed by atoms with Gasteiger partial charge in [-0.2, -0.15) is 0 Å². The van der Waals surface area contributed by atoms with Crippen LogP contribution in [0.1, 0.15) is 64.7 Å². The highest BCUT2D eigenvalue weighted by Gasteiger charge is 2.45. The summed E-state index contributed by atoms with van der Waals surface area (Å²) < 4.78 is 0. The van der Waals surface area contributed by atoms with Crippen molar-refractivity contribution >= 4 is 17.6 Å². The molecule has 0 amide bonds. The molecule has 0 aromatic heterocycles. The van der Waals surface area contributed by atoms with Crippen LogP contribution >= 0.6 is 11.6 Å². The molecule has 1 aliphatic heterocycles. The first-order chi connectivity index (χ1) is 11.5. The predicted molar refractivity (Wildman–Crippen MR) is 97.2 cm³/mol. The molecule has 2 saturated carbocycles. The lowest BCUT2D eigenvalue weighted by molar-refractivity contribution is -0.144. The Hall–Kier alpha value is -0.320. The monoisotopic (exact) mass is 356 g/mol. The molecule has 1 heterocycles.